The van der Waals surface area contributed by atoms with Crippen LogP contribution >= 0.6 is 0 Å². The first-order chi connectivity index (χ1) is 43.6. The van der Waals surface area contributed by atoms with Crippen molar-refractivity contribution in [2.75, 3.05) is 9.80 Å². The van der Waals surface area contributed by atoms with Crippen molar-refractivity contribution in [2.24, 2.45) is 0 Å². The standard InChI is InChI=1S/C82H60N2O5/c1-4-21-62-63-29-16-19-32-70(63)82(68(62)5-2)71-33-20-17-30-64(71)66-46-43-61(50-74(66)82)84(59-41-36-53(37-42-59)52-34-39-58(40-35-52)83(56-25-11-7-12-26-56)57-27-13-8-14-28-57)60-44-47-67-65-45-38-54(75-76(85)78(87)80(89)79(88)77(75)86)48-72(65)81(73(67)49-60,55-23-9-6-10-24-55)69-31-18-15-22-51(69)3/h4-50,85-89H,2H2,1,3H3/b21-4-. The zero-order chi connectivity index (χ0) is 60.7. The van der Waals surface area contributed by atoms with Crippen molar-refractivity contribution >= 4 is 39.7 Å². The molecule has 0 heterocycles. The Balaban J connectivity index is 0.952. The summed E-state index contributed by atoms with van der Waals surface area (Å²) in [5.41, 5.74) is 22.7. The van der Waals surface area contributed by atoms with E-state index in [-0.39, 0.29) is 5.56 Å². The molecule has 2 atom stereocenters. The van der Waals surface area contributed by atoms with Crippen molar-refractivity contribution < 1.29 is 25.5 Å². The molecule has 0 saturated carbocycles. The lowest BCUT2D eigenvalue weighted by atomic mass is 9.66. The van der Waals surface area contributed by atoms with Crippen molar-refractivity contribution in [2.45, 2.75) is 24.7 Å². The van der Waals surface area contributed by atoms with Crippen LogP contribution in [-0.2, 0) is 10.8 Å². The Hall–Kier alpha value is -11.5. The molecular formula is C82H60N2O5. The van der Waals surface area contributed by atoms with Crippen LogP contribution in [-0.4, -0.2) is 25.5 Å². The number of benzene rings is 12. The molecule has 7 nitrogen and oxygen atoms in total. The number of rotatable bonds is 12. The van der Waals surface area contributed by atoms with Crippen molar-refractivity contribution in [3.8, 4) is 73.3 Å². The number of hydrogen-bond acceptors (Lipinski definition) is 7. The number of hydrogen-bond donors (Lipinski definition) is 5. The summed E-state index contributed by atoms with van der Waals surface area (Å²) in [6.45, 7) is 8.74. The van der Waals surface area contributed by atoms with Gasteiger partial charge in [-0.1, -0.05) is 213 Å². The van der Waals surface area contributed by atoms with E-state index in [4.69, 9.17) is 0 Å². The first-order valence-corrected chi connectivity index (χ1v) is 29.9. The predicted octanol–water partition coefficient (Wildman–Crippen LogP) is 20.0. The fourth-order valence-electron chi connectivity index (χ4n) is 14.8. The molecule has 0 radical (unpaired) electrons. The Morgan fingerprint density at radius 3 is 1.25 bits per heavy atom. The highest BCUT2D eigenvalue weighted by atomic mass is 16.4. The van der Waals surface area contributed by atoms with Gasteiger partial charge in [0.15, 0.2) is 11.5 Å². The molecule has 1 spiro atoms. The molecule has 5 N–H and O–H groups in total. The van der Waals surface area contributed by atoms with Crippen LogP contribution in [0.15, 0.2) is 297 Å². The lowest BCUT2D eigenvalue weighted by molar-refractivity contribution is 0.330. The molecule has 3 aliphatic carbocycles. The molecule has 15 rings (SSSR count). The van der Waals surface area contributed by atoms with Gasteiger partial charge in [-0.05, 0) is 193 Å². The predicted molar refractivity (Wildman–Crippen MR) is 361 cm³/mol. The number of nitrogens with zero attached hydrogens (tertiary/aromatic N) is 2. The number of aromatic hydroxyl groups is 5. The number of allylic oxidation sites excluding steroid dienone is 5. The molecule has 0 bridgehead atoms. The van der Waals surface area contributed by atoms with E-state index in [2.05, 4.69) is 261 Å². The Labute approximate surface area is 517 Å². The van der Waals surface area contributed by atoms with Crippen LogP contribution in [0.1, 0.15) is 57.0 Å². The zero-order valence-corrected chi connectivity index (χ0v) is 49.0. The average molecular weight is 1150 g/mol. The minimum absolute atomic E-state index is 0.218. The third kappa shape index (κ3) is 8.05. The topological polar surface area (TPSA) is 108 Å². The number of para-hydroxylation sites is 2. The van der Waals surface area contributed by atoms with Gasteiger partial charge < -0.3 is 35.3 Å². The van der Waals surface area contributed by atoms with Crippen LogP contribution < -0.4 is 9.80 Å². The van der Waals surface area contributed by atoms with Gasteiger partial charge in [0.05, 0.1) is 16.4 Å². The zero-order valence-electron chi connectivity index (χ0n) is 49.0. The maximum absolute atomic E-state index is 11.5. The average Bonchev–Trinajstić information content (AvgIpc) is 1.53. The molecule has 428 valence electrons. The minimum atomic E-state index is -1.02. The van der Waals surface area contributed by atoms with Crippen LogP contribution in [0.2, 0.25) is 0 Å². The number of aryl methyl sites for hydroxylation is 1. The van der Waals surface area contributed by atoms with Crippen LogP contribution in [0, 0.1) is 6.92 Å². The van der Waals surface area contributed by atoms with E-state index in [1.165, 1.54) is 22.3 Å². The second-order valence-corrected chi connectivity index (χ2v) is 23.1. The van der Waals surface area contributed by atoms with Gasteiger partial charge in [-0.15, -0.1) is 0 Å². The van der Waals surface area contributed by atoms with Crippen LogP contribution in [0.4, 0.5) is 34.1 Å². The number of anilines is 6. The molecule has 0 saturated heterocycles. The maximum Gasteiger partial charge on any atom is 0.208 e. The van der Waals surface area contributed by atoms with Gasteiger partial charge in [-0.25, -0.2) is 0 Å². The van der Waals surface area contributed by atoms with E-state index in [0.717, 1.165) is 106 Å². The lowest BCUT2D eigenvalue weighted by Crippen LogP contribution is -2.30. The largest absolute Gasteiger partial charge is 0.504 e. The third-order valence-electron chi connectivity index (χ3n) is 18.5. The highest BCUT2D eigenvalue weighted by molar-refractivity contribution is 6.00. The number of fused-ring (bicyclic) bond motifs is 10. The molecule has 0 amide bonds. The van der Waals surface area contributed by atoms with Crippen molar-refractivity contribution in [3.63, 3.8) is 0 Å². The summed E-state index contributed by atoms with van der Waals surface area (Å²) < 4.78 is 0. The third-order valence-corrected chi connectivity index (χ3v) is 18.5. The molecule has 2 unspecified atom stereocenters. The van der Waals surface area contributed by atoms with Gasteiger partial charge in [0.2, 0.25) is 17.2 Å². The van der Waals surface area contributed by atoms with Gasteiger partial charge in [-0.2, -0.15) is 0 Å². The molecule has 0 fully saturated rings. The molecule has 12 aromatic carbocycles. The van der Waals surface area contributed by atoms with Crippen molar-refractivity contribution in [3.05, 3.63) is 347 Å². The molecule has 0 aromatic heterocycles. The van der Waals surface area contributed by atoms with E-state index in [1.54, 1.807) is 6.07 Å². The van der Waals surface area contributed by atoms with Gasteiger partial charge in [-0.3, -0.25) is 0 Å². The Kier molecular flexibility index (Phi) is 12.9. The van der Waals surface area contributed by atoms with Crippen LogP contribution in [0.5, 0.6) is 28.7 Å². The van der Waals surface area contributed by atoms with E-state index < -0.39 is 39.6 Å². The summed E-state index contributed by atoms with van der Waals surface area (Å²) >= 11 is 0. The molecule has 0 aliphatic heterocycles. The fourth-order valence-corrected chi connectivity index (χ4v) is 14.8. The van der Waals surface area contributed by atoms with Crippen molar-refractivity contribution in [1.29, 1.82) is 0 Å². The monoisotopic (exact) mass is 1150 g/mol. The van der Waals surface area contributed by atoms with Gasteiger partial charge in [0.1, 0.15) is 0 Å². The highest BCUT2D eigenvalue weighted by Crippen LogP contribution is 2.64. The van der Waals surface area contributed by atoms with Gasteiger partial charge >= 0.3 is 0 Å². The highest BCUT2D eigenvalue weighted by Gasteiger charge is 2.52. The SMILES string of the molecule is C=CC1=C(/C=C\C)c2ccccc2C12c1ccccc1-c1ccc(N(c3ccc(-c4ccc(N(c5ccccc5)c5ccccc5)cc4)cc3)c3ccc4c(c3)C(c3ccccc3)(c3ccccc3C)c3cc(-c5c(O)c(O)c(O)c(O)c5O)ccc3-4)cc12. The summed E-state index contributed by atoms with van der Waals surface area (Å²) in [4.78, 5) is 4.64. The molecule has 12 aromatic rings. The Morgan fingerprint density at radius 1 is 0.337 bits per heavy atom. The summed E-state index contributed by atoms with van der Waals surface area (Å²) in [5, 5.41) is 55.2. The normalized spacial score (nSPS) is 15.8. The quantitative estimate of drug-likeness (QED) is 0.0613. The molecular weight excluding hydrogens is 1090 g/mol. The molecule has 7 heteroatoms. The smallest absolute Gasteiger partial charge is 0.208 e. The summed E-state index contributed by atoms with van der Waals surface area (Å²) in [6.07, 6.45) is 6.40. The molecule has 89 heavy (non-hydrogen) atoms. The second kappa shape index (κ2) is 21.2. The second-order valence-electron chi connectivity index (χ2n) is 23.1. The van der Waals surface area contributed by atoms with Crippen molar-refractivity contribution in [1.82, 2.24) is 0 Å². The van der Waals surface area contributed by atoms with Gasteiger partial charge in [0.25, 0.3) is 0 Å². The number of phenolic OH excluding ortho intramolecular Hbond substituents is 5. The van der Waals surface area contributed by atoms with Crippen LogP contribution in [0.3, 0.4) is 0 Å². The van der Waals surface area contributed by atoms with E-state index in [0.29, 0.717) is 5.56 Å². The van der Waals surface area contributed by atoms with E-state index >= 15 is 0 Å². The first-order valence-electron chi connectivity index (χ1n) is 29.9. The van der Waals surface area contributed by atoms with E-state index in [9.17, 15) is 25.5 Å². The van der Waals surface area contributed by atoms with Gasteiger partial charge in [0, 0.05) is 34.1 Å². The maximum atomic E-state index is 11.5. The first kappa shape index (κ1) is 54.1. The fraction of sp³-hybridized carbons (Fsp3) is 0.0488. The molecule has 3 aliphatic rings. The minimum Gasteiger partial charge on any atom is -0.504 e. The number of phenols is 5. The Bertz CT molecular complexity index is 4810. The summed E-state index contributed by atoms with van der Waals surface area (Å²) in [6, 6.07) is 94.2. The lowest BCUT2D eigenvalue weighted by Gasteiger charge is -2.36. The van der Waals surface area contributed by atoms with E-state index in [1.807, 2.05) is 48.5 Å². The Morgan fingerprint density at radius 2 is 0.719 bits per heavy atom. The summed E-state index contributed by atoms with van der Waals surface area (Å²) in [7, 11) is 0. The van der Waals surface area contributed by atoms with Crippen LogP contribution in [0.25, 0.3) is 50.1 Å². The summed E-state index contributed by atoms with van der Waals surface area (Å²) in [5.74, 6) is -4.42.